The van der Waals surface area contributed by atoms with Crippen LogP contribution in [0, 0.1) is 5.41 Å². The fourth-order valence-electron chi connectivity index (χ4n) is 2.55. The molecule has 1 N–H and O–H groups in total. The number of ketones is 1. The first-order chi connectivity index (χ1) is 11.2. The van der Waals surface area contributed by atoms with E-state index < -0.39 is 0 Å². The van der Waals surface area contributed by atoms with Crippen molar-refractivity contribution in [2.75, 3.05) is 0 Å². The number of allylic oxidation sites excluding steroid dienone is 2. The van der Waals surface area contributed by atoms with Gasteiger partial charge in [-0.3, -0.25) is 9.79 Å². The molecule has 5 nitrogen and oxygen atoms in total. The molecule has 0 unspecified atom stereocenters. The predicted octanol–water partition coefficient (Wildman–Crippen LogP) is 4.16. The quantitative estimate of drug-likeness (QED) is 0.665. The minimum absolute atomic E-state index is 0.0807. The zero-order valence-electron chi connectivity index (χ0n) is 14.5. The molecule has 0 amide bonds. The van der Waals surface area contributed by atoms with E-state index in [0.29, 0.717) is 24.1 Å². The summed E-state index contributed by atoms with van der Waals surface area (Å²) in [6.07, 6.45) is 2.07. The van der Waals surface area contributed by atoms with Gasteiger partial charge in [0, 0.05) is 19.1 Å². The highest BCUT2D eigenvalue weighted by Crippen LogP contribution is 2.35. The van der Waals surface area contributed by atoms with Crippen molar-refractivity contribution in [2.45, 2.75) is 46.6 Å². The molecule has 128 valence electrons. The van der Waals surface area contributed by atoms with Crippen molar-refractivity contribution < 1.29 is 19.4 Å². The van der Waals surface area contributed by atoms with Crippen molar-refractivity contribution in [1.82, 2.24) is 0 Å². The Kier molecular flexibility index (Phi) is 5.22. The molecule has 1 aliphatic carbocycles. The smallest absolute Gasteiger partial charge is 0.338 e. The number of carbonyl (C=O) groups is 2. The van der Waals surface area contributed by atoms with Crippen LogP contribution in [0.15, 0.2) is 40.6 Å². The van der Waals surface area contributed by atoms with Gasteiger partial charge in [0.25, 0.3) is 0 Å². The van der Waals surface area contributed by atoms with E-state index in [1.54, 1.807) is 38.1 Å². The van der Waals surface area contributed by atoms with E-state index >= 15 is 0 Å². The van der Waals surface area contributed by atoms with Gasteiger partial charge in [-0.25, -0.2) is 4.79 Å². The zero-order valence-corrected chi connectivity index (χ0v) is 14.5. The Bertz CT molecular complexity index is 697. The molecule has 2 rings (SSSR count). The highest BCUT2D eigenvalue weighted by Gasteiger charge is 2.32. The Morgan fingerprint density at radius 3 is 2.42 bits per heavy atom. The normalized spacial score (nSPS) is 17.6. The lowest BCUT2D eigenvalue weighted by Crippen LogP contribution is -2.26. The van der Waals surface area contributed by atoms with Crippen LogP contribution in [0.1, 0.15) is 50.9 Å². The third-order valence-corrected chi connectivity index (χ3v) is 3.68. The summed E-state index contributed by atoms with van der Waals surface area (Å²) in [6.45, 7) is 7.48. The molecule has 1 aromatic carbocycles. The number of rotatable bonds is 4. The van der Waals surface area contributed by atoms with Gasteiger partial charge in [-0.15, -0.1) is 0 Å². The van der Waals surface area contributed by atoms with Gasteiger partial charge in [0.05, 0.1) is 22.9 Å². The lowest BCUT2D eigenvalue weighted by atomic mass is 9.77. The van der Waals surface area contributed by atoms with E-state index in [2.05, 4.69) is 4.99 Å². The first kappa shape index (κ1) is 17.9. The van der Waals surface area contributed by atoms with E-state index in [0.717, 1.165) is 0 Å². The Hall–Kier alpha value is -2.43. The molecule has 0 atom stereocenters. The SMILES string of the molecule is CC(C)OC(=O)c1ccc(N=CC2=C(O)CC(C)(C)CC2=O)cc1. The number of esters is 1. The Morgan fingerprint density at radius 2 is 1.88 bits per heavy atom. The van der Waals surface area contributed by atoms with Gasteiger partial charge in [0.2, 0.25) is 0 Å². The number of Topliss-reactive ketones (excluding diaryl/α,β-unsaturated/α-hetero) is 1. The van der Waals surface area contributed by atoms with Crippen molar-refractivity contribution >= 4 is 23.7 Å². The second-order valence-corrected chi connectivity index (χ2v) is 7.06. The van der Waals surface area contributed by atoms with Crippen molar-refractivity contribution in [3.8, 4) is 0 Å². The number of aliphatic hydroxyl groups is 1. The van der Waals surface area contributed by atoms with Gasteiger partial charge in [-0.2, -0.15) is 0 Å². The summed E-state index contributed by atoms with van der Waals surface area (Å²) in [4.78, 5) is 28.1. The summed E-state index contributed by atoms with van der Waals surface area (Å²) in [5.74, 6) is -0.410. The summed E-state index contributed by atoms with van der Waals surface area (Å²) in [5.41, 5.74) is 1.07. The molecule has 5 heteroatoms. The second kappa shape index (κ2) is 6.99. The number of hydrogen-bond acceptors (Lipinski definition) is 5. The average molecular weight is 329 g/mol. The van der Waals surface area contributed by atoms with Crippen LogP contribution in [0.4, 0.5) is 5.69 Å². The maximum atomic E-state index is 12.1. The number of nitrogens with zero attached hydrogens (tertiary/aromatic N) is 1. The van der Waals surface area contributed by atoms with Gasteiger partial charge in [-0.1, -0.05) is 13.8 Å². The largest absolute Gasteiger partial charge is 0.511 e. The lowest BCUT2D eigenvalue weighted by Gasteiger charge is -2.28. The monoisotopic (exact) mass is 329 g/mol. The first-order valence-electron chi connectivity index (χ1n) is 7.98. The molecule has 0 aliphatic heterocycles. The van der Waals surface area contributed by atoms with Crippen LogP contribution >= 0.6 is 0 Å². The van der Waals surface area contributed by atoms with E-state index in [1.807, 2.05) is 13.8 Å². The molecule has 0 radical (unpaired) electrons. The second-order valence-electron chi connectivity index (χ2n) is 7.06. The van der Waals surface area contributed by atoms with Crippen molar-refractivity contribution in [2.24, 2.45) is 10.4 Å². The van der Waals surface area contributed by atoms with Crippen LogP contribution in [-0.4, -0.2) is 29.2 Å². The molecule has 0 saturated carbocycles. The third kappa shape index (κ3) is 4.54. The highest BCUT2D eigenvalue weighted by molar-refractivity contribution is 6.14. The number of aliphatic imine (C=N–C) groups is 1. The number of ether oxygens (including phenoxy) is 1. The maximum absolute atomic E-state index is 12.1. The number of benzene rings is 1. The van der Waals surface area contributed by atoms with Crippen molar-refractivity contribution in [1.29, 1.82) is 0 Å². The van der Waals surface area contributed by atoms with Gasteiger partial charge in [0.1, 0.15) is 5.76 Å². The molecule has 1 aliphatic rings. The topological polar surface area (TPSA) is 76.0 Å². The third-order valence-electron chi connectivity index (χ3n) is 3.68. The fourth-order valence-corrected chi connectivity index (χ4v) is 2.55. The van der Waals surface area contributed by atoms with Crippen LogP contribution in [0.25, 0.3) is 0 Å². The molecule has 0 heterocycles. The van der Waals surface area contributed by atoms with Gasteiger partial charge < -0.3 is 9.84 Å². The fraction of sp³-hybridized carbons (Fsp3) is 0.421. The molecule has 1 aromatic rings. The lowest BCUT2D eigenvalue weighted by molar-refractivity contribution is -0.117. The summed E-state index contributed by atoms with van der Waals surface area (Å²) < 4.78 is 5.12. The number of aliphatic hydroxyl groups excluding tert-OH is 1. The summed E-state index contributed by atoms with van der Waals surface area (Å²) in [7, 11) is 0. The zero-order chi connectivity index (χ0) is 17.9. The minimum atomic E-state index is -0.384. The molecular formula is C19H23NO4. The Labute approximate surface area is 142 Å². The first-order valence-corrected chi connectivity index (χ1v) is 7.98. The summed E-state index contributed by atoms with van der Waals surface area (Å²) >= 11 is 0. The van der Waals surface area contributed by atoms with E-state index in [9.17, 15) is 14.7 Å². The molecule has 0 spiro atoms. The average Bonchev–Trinajstić information content (AvgIpc) is 2.45. The molecule has 0 bridgehead atoms. The minimum Gasteiger partial charge on any atom is -0.511 e. The molecular weight excluding hydrogens is 306 g/mol. The van der Waals surface area contributed by atoms with Crippen LogP contribution in [0.5, 0.6) is 0 Å². The maximum Gasteiger partial charge on any atom is 0.338 e. The van der Waals surface area contributed by atoms with Gasteiger partial charge in [-0.05, 0) is 43.5 Å². The van der Waals surface area contributed by atoms with Crippen LogP contribution < -0.4 is 0 Å². The number of hydrogen-bond donors (Lipinski definition) is 1. The van der Waals surface area contributed by atoms with Crippen LogP contribution in [0.2, 0.25) is 0 Å². The van der Waals surface area contributed by atoms with Crippen molar-refractivity contribution in [3.05, 3.63) is 41.2 Å². The molecule has 24 heavy (non-hydrogen) atoms. The summed E-state index contributed by atoms with van der Waals surface area (Å²) in [6, 6.07) is 6.58. The van der Waals surface area contributed by atoms with E-state index in [4.69, 9.17) is 4.74 Å². The van der Waals surface area contributed by atoms with E-state index in [-0.39, 0.29) is 34.6 Å². The Morgan fingerprint density at radius 1 is 1.25 bits per heavy atom. The predicted molar refractivity (Wildman–Crippen MR) is 92.8 cm³/mol. The van der Waals surface area contributed by atoms with E-state index in [1.165, 1.54) is 6.21 Å². The molecule has 0 fully saturated rings. The van der Waals surface area contributed by atoms with Gasteiger partial charge >= 0.3 is 5.97 Å². The highest BCUT2D eigenvalue weighted by atomic mass is 16.5. The molecule has 0 saturated heterocycles. The standard InChI is InChI=1S/C19H23NO4/c1-12(2)24-18(23)13-5-7-14(8-6-13)20-11-15-16(21)9-19(3,4)10-17(15)22/h5-8,11-12,21H,9-10H2,1-4H3. The van der Waals surface area contributed by atoms with Crippen LogP contribution in [0.3, 0.4) is 0 Å². The van der Waals surface area contributed by atoms with Gasteiger partial charge in [0.15, 0.2) is 5.78 Å². The van der Waals surface area contributed by atoms with Crippen molar-refractivity contribution in [3.63, 3.8) is 0 Å². The molecule has 0 aromatic heterocycles. The van der Waals surface area contributed by atoms with Crippen LogP contribution in [-0.2, 0) is 9.53 Å². The Balaban J connectivity index is 2.12. The number of carbonyl (C=O) groups excluding carboxylic acids is 2. The summed E-state index contributed by atoms with van der Waals surface area (Å²) in [5, 5.41) is 10.1.